The fraction of sp³-hybridized carbons (Fsp3) is 0.750. The molecule has 68 valence electrons. The van der Waals surface area contributed by atoms with E-state index in [1.54, 1.807) is 10.9 Å². The van der Waals surface area contributed by atoms with Gasteiger partial charge < -0.3 is 5.32 Å². The molecule has 4 heteroatoms. The van der Waals surface area contributed by atoms with Crippen molar-refractivity contribution in [3.8, 4) is 0 Å². The zero-order valence-corrected chi connectivity index (χ0v) is 8.13. The summed E-state index contributed by atoms with van der Waals surface area (Å²) in [5.74, 6) is 0. The maximum absolute atomic E-state index is 3.87. The number of hydrogen-bond donors (Lipinski definition) is 1. The van der Waals surface area contributed by atoms with Gasteiger partial charge in [-0.15, -0.1) is 5.10 Å². The summed E-state index contributed by atoms with van der Waals surface area (Å²) in [6, 6.07) is 0. The van der Waals surface area contributed by atoms with Gasteiger partial charge in [0.15, 0.2) is 0 Å². The lowest BCUT2D eigenvalue weighted by molar-refractivity contribution is 0.410. The van der Waals surface area contributed by atoms with Crippen molar-refractivity contribution in [2.24, 2.45) is 7.05 Å². The number of nitrogens with zero attached hydrogens (tertiary/aromatic N) is 3. The van der Waals surface area contributed by atoms with E-state index in [0.717, 1.165) is 12.1 Å². The van der Waals surface area contributed by atoms with Crippen molar-refractivity contribution >= 4 is 0 Å². The van der Waals surface area contributed by atoms with Gasteiger partial charge in [-0.3, -0.25) is 4.68 Å². The maximum atomic E-state index is 3.87. The molecular weight excluding hydrogens is 152 g/mol. The van der Waals surface area contributed by atoms with Crippen molar-refractivity contribution in [3.05, 3.63) is 11.9 Å². The minimum atomic E-state index is 0.107. The van der Waals surface area contributed by atoms with Gasteiger partial charge in [0.1, 0.15) is 0 Å². The fourth-order valence-electron chi connectivity index (χ4n) is 1.01. The summed E-state index contributed by atoms with van der Waals surface area (Å²) in [5.41, 5.74) is 1.25. The van der Waals surface area contributed by atoms with Crippen LogP contribution in [0.3, 0.4) is 0 Å². The summed E-state index contributed by atoms with van der Waals surface area (Å²) in [5, 5.41) is 10.9. The molecule has 1 N–H and O–H groups in total. The second-order valence-corrected chi connectivity index (χ2v) is 3.66. The maximum Gasteiger partial charge on any atom is 0.0725 e. The molecule has 0 fully saturated rings. The predicted molar refractivity (Wildman–Crippen MR) is 47.8 cm³/mol. The molecule has 0 atom stereocenters. The first-order chi connectivity index (χ1) is 5.55. The summed E-state index contributed by atoms with van der Waals surface area (Å²) in [4.78, 5) is 0. The Balaban J connectivity index is 2.70. The van der Waals surface area contributed by atoms with Gasteiger partial charge in [0.2, 0.25) is 0 Å². The Morgan fingerprint density at radius 1 is 1.58 bits per heavy atom. The van der Waals surface area contributed by atoms with Crippen LogP contribution in [0.15, 0.2) is 6.20 Å². The first kappa shape index (κ1) is 9.19. The van der Waals surface area contributed by atoms with Crippen LogP contribution in [0.4, 0.5) is 0 Å². The molecule has 0 radical (unpaired) electrons. The highest BCUT2D eigenvalue weighted by Gasteiger charge is 2.17. The van der Waals surface area contributed by atoms with Crippen molar-refractivity contribution in [1.82, 2.24) is 20.3 Å². The van der Waals surface area contributed by atoms with Gasteiger partial charge in [-0.05, 0) is 20.9 Å². The molecular formula is C8H16N4. The van der Waals surface area contributed by atoms with Crippen molar-refractivity contribution in [1.29, 1.82) is 0 Å². The first-order valence-electron chi connectivity index (χ1n) is 4.07. The van der Waals surface area contributed by atoms with Crippen LogP contribution in [-0.4, -0.2) is 27.6 Å². The molecule has 0 saturated heterocycles. The van der Waals surface area contributed by atoms with E-state index in [0.29, 0.717) is 0 Å². The van der Waals surface area contributed by atoms with Gasteiger partial charge in [-0.2, -0.15) is 0 Å². The van der Waals surface area contributed by atoms with Crippen LogP contribution in [0.5, 0.6) is 0 Å². The van der Waals surface area contributed by atoms with Gasteiger partial charge in [-0.25, -0.2) is 0 Å². The quantitative estimate of drug-likeness (QED) is 0.708. The molecule has 0 aromatic carbocycles. The van der Waals surface area contributed by atoms with E-state index in [-0.39, 0.29) is 5.54 Å². The summed E-state index contributed by atoms with van der Waals surface area (Å²) in [7, 11) is 3.87. The fourth-order valence-corrected chi connectivity index (χ4v) is 1.01. The average molecular weight is 168 g/mol. The molecule has 0 aliphatic carbocycles. The lowest BCUT2D eigenvalue weighted by Crippen LogP contribution is -2.38. The Kier molecular flexibility index (Phi) is 2.47. The molecule has 1 aromatic rings. The van der Waals surface area contributed by atoms with Crippen LogP contribution < -0.4 is 5.32 Å². The molecule has 12 heavy (non-hydrogen) atoms. The van der Waals surface area contributed by atoms with Crippen molar-refractivity contribution in [2.75, 3.05) is 7.05 Å². The molecule has 0 saturated carbocycles. The molecule has 1 aromatic heterocycles. The Labute approximate surface area is 73.0 Å². The third-order valence-electron chi connectivity index (χ3n) is 2.11. The Morgan fingerprint density at radius 3 is 2.67 bits per heavy atom. The predicted octanol–water partition coefficient (Wildman–Crippen LogP) is 0.356. The lowest BCUT2D eigenvalue weighted by atomic mass is 9.99. The van der Waals surface area contributed by atoms with E-state index in [2.05, 4.69) is 29.5 Å². The highest BCUT2D eigenvalue weighted by Crippen LogP contribution is 2.09. The second kappa shape index (κ2) is 3.23. The number of aromatic nitrogens is 3. The number of aryl methyl sites for hydroxylation is 1. The molecule has 0 amide bonds. The summed E-state index contributed by atoms with van der Waals surface area (Å²) in [6.45, 7) is 4.31. The third-order valence-corrected chi connectivity index (χ3v) is 2.11. The van der Waals surface area contributed by atoms with Crippen molar-refractivity contribution in [2.45, 2.75) is 25.8 Å². The number of hydrogen-bond acceptors (Lipinski definition) is 3. The molecule has 0 bridgehead atoms. The smallest absolute Gasteiger partial charge is 0.0725 e. The summed E-state index contributed by atoms with van der Waals surface area (Å²) < 4.78 is 1.80. The Hall–Kier alpha value is -0.900. The van der Waals surface area contributed by atoms with Gasteiger partial charge in [0.25, 0.3) is 0 Å². The Morgan fingerprint density at radius 2 is 2.25 bits per heavy atom. The molecule has 1 heterocycles. The van der Waals surface area contributed by atoms with E-state index in [4.69, 9.17) is 0 Å². The van der Waals surface area contributed by atoms with Crippen LogP contribution in [0.2, 0.25) is 0 Å². The van der Waals surface area contributed by atoms with Crippen molar-refractivity contribution < 1.29 is 0 Å². The van der Waals surface area contributed by atoms with E-state index < -0.39 is 0 Å². The summed E-state index contributed by atoms with van der Waals surface area (Å²) >= 11 is 0. The van der Waals surface area contributed by atoms with Gasteiger partial charge >= 0.3 is 0 Å². The Bertz CT molecular complexity index is 251. The lowest BCUT2D eigenvalue weighted by Gasteiger charge is -2.23. The topological polar surface area (TPSA) is 42.7 Å². The third kappa shape index (κ3) is 2.04. The number of likely N-dealkylation sites (N-methyl/N-ethyl adjacent to an activating group) is 1. The van der Waals surface area contributed by atoms with Crippen LogP contribution in [0.25, 0.3) is 0 Å². The second-order valence-electron chi connectivity index (χ2n) is 3.66. The first-order valence-corrected chi connectivity index (χ1v) is 4.07. The average Bonchev–Trinajstić information content (AvgIpc) is 2.36. The zero-order valence-electron chi connectivity index (χ0n) is 8.13. The molecule has 4 nitrogen and oxygen atoms in total. The van der Waals surface area contributed by atoms with Crippen LogP contribution >= 0.6 is 0 Å². The highest BCUT2D eigenvalue weighted by atomic mass is 15.4. The van der Waals surface area contributed by atoms with Gasteiger partial charge in [0, 0.05) is 19.0 Å². The van der Waals surface area contributed by atoms with E-state index in [1.807, 2.05) is 14.1 Å². The largest absolute Gasteiger partial charge is 0.314 e. The monoisotopic (exact) mass is 168 g/mol. The zero-order chi connectivity index (χ0) is 9.19. The number of nitrogens with one attached hydrogen (secondary N) is 1. The standard InChI is InChI=1S/C8H16N4/c1-8(2,9-3)5-7-6-10-11-12(7)4/h6,9H,5H2,1-4H3. The van der Waals surface area contributed by atoms with Crippen molar-refractivity contribution in [3.63, 3.8) is 0 Å². The molecule has 1 rings (SSSR count). The summed E-state index contributed by atoms with van der Waals surface area (Å²) in [6.07, 6.45) is 2.74. The van der Waals surface area contributed by atoms with Crippen LogP contribution in [0, 0.1) is 0 Å². The molecule has 0 aliphatic heterocycles. The van der Waals surface area contributed by atoms with E-state index in [1.165, 1.54) is 0 Å². The number of rotatable bonds is 3. The minimum Gasteiger partial charge on any atom is -0.314 e. The molecule has 0 unspecified atom stereocenters. The normalized spacial score (nSPS) is 12.0. The van der Waals surface area contributed by atoms with Gasteiger partial charge in [0.05, 0.1) is 11.9 Å². The van der Waals surface area contributed by atoms with Gasteiger partial charge in [-0.1, -0.05) is 5.21 Å². The van der Waals surface area contributed by atoms with E-state index in [9.17, 15) is 0 Å². The van der Waals surface area contributed by atoms with Crippen LogP contribution in [0.1, 0.15) is 19.5 Å². The minimum absolute atomic E-state index is 0.107. The molecule has 0 aliphatic rings. The molecule has 0 spiro atoms. The SMILES string of the molecule is CNC(C)(C)Cc1cnnn1C. The highest BCUT2D eigenvalue weighted by molar-refractivity contribution is 5.00. The van der Waals surface area contributed by atoms with Crippen LogP contribution in [-0.2, 0) is 13.5 Å². The van der Waals surface area contributed by atoms with E-state index >= 15 is 0 Å².